The fraction of sp³-hybridized carbons (Fsp3) is 0.167. The van der Waals surface area contributed by atoms with Crippen molar-refractivity contribution in [3.8, 4) is 5.75 Å². The number of benzene rings is 3. The number of nitrogens with zero attached hydrogens (tertiary/aromatic N) is 1. The predicted octanol–water partition coefficient (Wildman–Crippen LogP) is 5.41. The second-order valence-corrected chi connectivity index (χ2v) is 6.29. The van der Waals surface area contributed by atoms with E-state index in [0.717, 1.165) is 30.9 Å². The van der Waals surface area contributed by atoms with Gasteiger partial charge in [-0.1, -0.05) is 91.0 Å². The van der Waals surface area contributed by atoms with Crippen molar-refractivity contribution >= 4 is 6.08 Å². The van der Waals surface area contributed by atoms with Gasteiger partial charge in [-0.2, -0.15) is 0 Å². The van der Waals surface area contributed by atoms with Crippen LogP contribution in [0.15, 0.2) is 91.0 Å². The van der Waals surface area contributed by atoms with Gasteiger partial charge in [-0.25, -0.2) is 0 Å². The first-order chi connectivity index (χ1) is 12.8. The molecule has 0 atom stereocenters. The van der Waals surface area contributed by atoms with Crippen LogP contribution in [-0.4, -0.2) is 18.6 Å². The first-order valence-corrected chi connectivity index (χ1v) is 8.95. The lowest BCUT2D eigenvalue weighted by molar-refractivity contribution is 0.286. The molecule has 0 spiro atoms. The average Bonchev–Trinajstić information content (AvgIpc) is 2.70. The number of methoxy groups -OCH3 is 1. The average molecular weight is 343 g/mol. The molecule has 0 bridgehead atoms. The van der Waals surface area contributed by atoms with Crippen LogP contribution in [0.4, 0.5) is 0 Å². The zero-order chi connectivity index (χ0) is 18.0. The standard InChI is InChI=1S/C24H25NO/c1-26-24-17-9-8-15-23(24)16-10-18-25(19-21-11-4-2-5-12-21)20-22-13-6-3-7-14-22/h2-17H,18-20H2,1H3/b16-10-. The Kier molecular flexibility index (Phi) is 6.63. The Morgan fingerprint density at radius 1 is 0.731 bits per heavy atom. The van der Waals surface area contributed by atoms with Gasteiger partial charge in [0.05, 0.1) is 7.11 Å². The predicted molar refractivity (Wildman–Crippen MR) is 109 cm³/mol. The number of rotatable bonds is 8. The van der Waals surface area contributed by atoms with Crippen LogP contribution in [0.2, 0.25) is 0 Å². The van der Waals surface area contributed by atoms with Crippen molar-refractivity contribution in [3.05, 3.63) is 108 Å². The quantitative estimate of drug-likeness (QED) is 0.542. The molecule has 0 amide bonds. The molecular formula is C24H25NO. The van der Waals surface area contributed by atoms with Crippen LogP contribution < -0.4 is 4.74 Å². The summed E-state index contributed by atoms with van der Waals surface area (Å²) in [6.45, 7) is 2.72. The highest BCUT2D eigenvalue weighted by Gasteiger charge is 2.06. The normalized spacial score (nSPS) is 11.2. The van der Waals surface area contributed by atoms with Crippen molar-refractivity contribution in [2.45, 2.75) is 13.1 Å². The Balaban J connectivity index is 1.71. The van der Waals surface area contributed by atoms with Crippen molar-refractivity contribution in [1.82, 2.24) is 4.90 Å². The molecule has 26 heavy (non-hydrogen) atoms. The zero-order valence-corrected chi connectivity index (χ0v) is 15.2. The molecule has 0 aliphatic carbocycles. The maximum absolute atomic E-state index is 5.43. The van der Waals surface area contributed by atoms with E-state index >= 15 is 0 Å². The van der Waals surface area contributed by atoms with Crippen LogP contribution in [-0.2, 0) is 13.1 Å². The summed E-state index contributed by atoms with van der Waals surface area (Å²) in [5.41, 5.74) is 3.76. The molecule has 3 aromatic rings. The van der Waals surface area contributed by atoms with E-state index in [0.29, 0.717) is 0 Å². The van der Waals surface area contributed by atoms with Crippen molar-refractivity contribution in [3.63, 3.8) is 0 Å². The molecule has 0 radical (unpaired) electrons. The highest BCUT2D eigenvalue weighted by Crippen LogP contribution is 2.19. The van der Waals surface area contributed by atoms with Crippen molar-refractivity contribution in [2.75, 3.05) is 13.7 Å². The van der Waals surface area contributed by atoms with Crippen molar-refractivity contribution in [2.24, 2.45) is 0 Å². The maximum atomic E-state index is 5.43. The Morgan fingerprint density at radius 2 is 1.27 bits per heavy atom. The van der Waals surface area contributed by atoms with Crippen LogP contribution in [0, 0.1) is 0 Å². The number of para-hydroxylation sites is 1. The summed E-state index contributed by atoms with van der Waals surface area (Å²) in [5, 5.41) is 0. The molecule has 2 heteroatoms. The summed E-state index contributed by atoms with van der Waals surface area (Å²) in [5.74, 6) is 0.904. The molecule has 0 saturated heterocycles. The fourth-order valence-corrected chi connectivity index (χ4v) is 3.00. The molecule has 2 nitrogen and oxygen atoms in total. The summed E-state index contributed by atoms with van der Waals surface area (Å²) >= 11 is 0. The van der Waals surface area contributed by atoms with E-state index in [1.165, 1.54) is 11.1 Å². The lowest BCUT2D eigenvalue weighted by atomic mass is 10.1. The fourth-order valence-electron chi connectivity index (χ4n) is 3.00. The van der Waals surface area contributed by atoms with Gasteiger partial charge in [0.25, 0.3) is 0 Å². The molecular weight excluding hydrogens is 318 g/mol. The van der Waals surface area contributed by atoms with Gasteiger partial charge in [-0.3, -0.25) is 4.90 Å². The van der Waals surface area contributed by atoms with Crippen LogP contribution in [0.3, 0.4) is 0 Å². The second kappa shape index (κ2) is 9.59. The molecule has 3 rings (SSSR count). The molecule has 0 heterocycles. The second-order valence-electron chi connectivity index (χ2n) is 6.29. The SMILES string of the molecule is COc1ccccc1/C=C\CN(Cc1ccccc1)Cc1ccccc1. The molecule has 0 unspecified atom stereocenters. The highest BCUT2D eigenvalue weighted by molar-refractivity contribution is 5.57. The summed E-state index contributed by atoms with van der Waals surface area (Å²) in [6.07, 6.45) is 4.35. The van der Waals surface area contributed by atoms with E-state index in [1.54, 1.807) is 7.11 Å². The number of hydrogen-bond acceptors (Lipinski definition) is 2. The highest BCUT2D eigenvalue weighted by atomic mass is 16.5. The Bertz CT molecular complexity index is 770. The van der Waals surface area contributed by atoms with Gasteiger partial charge in [0.15, 0.2) is 0 Å². The molecule has 3 aromatic carbocycles. The minimum atomic E-state index is 0.877. The van der Waals surface area contributed by atoms with Gasteiger partial charge in [0.1, 0.15) is 5.75 Å². The first kappa shape index (κ1) is 18.0. The largest absolute Gasteiger partial charge is 0.496 e. The minimum absolute atomic E-state index is 0.877. The van der Waals surface area contributed by atoms with Gasteiger partial charge < -0.3 is 4.74 Å². The van der Waals surface area contributed by atoms with Crippen LogP contribution in [0.1, 0.15) is 16.7 Å². The molecule has 0 N–H and O–H groups in total. The third kappa shape index (κ3) is 5.33. The van der Waals surface area contributed by atoms with Crippen molar-refractivity contribution in [1.29, 1.82) is 0 Å². The summed E-state index contributed by atoms with van der Waals surface area (Å²) in [7, 11) is 1.71. The van der Waals surface area contributed by atoms with Gasteiger partial charge in [0, 0.05) is 25.2 Å². The Morgan fingerprint density at radius 3 is 1.85 bits per heavy atom. The van der Waals surface area contributed by atoms with E-state index in [2.05, 4.69) is 83.8 Å². The summed E-state index contributed by atoms with van der Waals surface area (Å²) in [6, 6.07) is 29.3. The minimum Gasteiger partial charge on any atom is -0.496 e. The summed E-state index contributed by atoms with van der Waals surface area (Å²) < 4.78 is 5.43. The molecule has 0 aliphatic rings. The maximum Gasteiger partial charge on any atom is 0.126 e. The van der Waals surface area contributed by atoms with Gasteiger partial charge in [-0.05, 0) is 17.2 Å². The van der Waals surface area contributed by atoms with Gasteiger partial charge >= 0.3 is 0 Å². The third-order valence-electron chi connectivity index (χ3n) is 4.30. The third-order valence-corrected chi connectivity index (χ3v) is 4.30. The molecule has 132 valence electrons. The van der Waals surface area contributed by atoms with Crippen molar-refractivity contribution < 1.29 is 4.74 Å². The number of ether oxygens (including phenoxy) is 1. The molecule has 0 saturated carbocycles. The van der Waals surface area contributed by atoms with Crippen LogP contribution in [0.5, 0.6) is 5.75 Å². The Hall–Kier alpha value is -2.84. The first-order valence-electron chi connectivity index (χ1n) is 8.95. The smallest absolute Gasteiger partial charge is 0.126 e. The molecule has 0 aliphatic heterocycles. The molecule has 0 fully saturated rings. The topological polar surface area (TPSA) is 12.5 Å². The van der Waals surface area contributed by atoms with Crippen LogP contribution in [0.25, 0.3) is 6.08 Å². The van der Waals surface area contributed by atoms with E-state index in [-0.39, 0.29) is 0 Å². The van der Waals surface area contributed by atoms with Crippen LogP contribution >= 0.6 is 0 Å². The molecule has 0 aromatic heterocycles. The zero-order valence-electron chi connectivity index (χ0n) is 15.2. The van der Waals surface area contributed by atoms with Gasteiger partial charge in [0.2, 0.25) is 0 Å². The van der Waals surface area contributed by atoms with E-state index < -0.39 is 0 Å². The lowest BCUT2D eigenvalue weighted by Gasteiger charge is -2.21. The number of hydrogen-bond donors (Lipinski definition) is 0. The monoisotopic (exact) mass is 343 g/mol. The Labute approximate surface area is 156 Å². The van der Waals surface area contributed by atoms with Gasteiger partial charge in [-0.15, -0.1) is 0 Å². The summed E-state index contributed by atoms with van der Waals surface area (Å²) in [4.78, 5) is 2.44. The van der Waals surface area contributed by atoms with E-state index in [1.807, 2.05) is 18.2 Å². The van der Waals surface area contributed by atoms with E-state index in [9.17, 15) is 0 Å². The lowest BCUT2D eigenvalue weighted by Crippen LogP contribution is -2.22. The van der Waals surface area contributed by atoms with E-state index in [4.69, 9.17) is 4.74 Å².